The Hall–Kier alpha value is -1.74. The highest BCUT2D eigenvalue weighted by atomic mass is 14.9. The number of hydrogen-bond acceptors (Lipinski definition) is 3. The summed E-state index contributed by atoms with van der Waals surface area (Å²) in [6.07, 6.45) is 9.11. The van der Waals surface area contributed by atoms with Crippen LogP contribution in [0.5, 0.6) is 0 Å². The third-order valence-corrected chi connectivity index (χ3v) is 4.07. The lowest BCUT2D eigenvalue weighted by atomic mass is 9.77. The van der Waals surface area contributed by atoms with Crippen LogP contribution in [0, 0.1) is 0 Å². The normalized spacial score (nSPS) is 19.7. The van der Waals surface area contributed by atoms with Gasteiger partial charge in [-0.3, -0.25) is 0 Å². The molecule has 1 N–H and O–H groups in total. The van der Waals surface area contributed by atoms with Gasteiger partial charge in [0.2, 0.25) is 0 Å². The zero-order valence-electron chi connectivity index (χ0n) is 11.2. The number of aryl methyl sites for hydroxylation is 1. The molecule has 2 unspecified atom stereocenters. The molecule has 0 radical (unpaired) electrons. The van der Waals surface area contributed by atoms with E-state index in [0.717, 1.165) is 0 Å². The largest absolute Gasteiger partial charge is 0.312 e. The molecule has 0 saturated heterocycles. The van der Waals surface area contributed by atoms with Crippen molar-refractivity contribution in [2.45, 2.75) is 31.2 Å². The second-order valence-electron chi connectivity index (χ2n) is 5.14. The van der Waals surface area contributed by atoms with Gasteiger partial charge in [0.05, 0.1) is 0 Å². The molecule has 0 amide bonds. The standard InChI is InChI=1S/C16H19N3/c1-17-16(13-9-18-11-19-10-13)15-8-4-6-12-5-2-3-7-14(12)15/h2-3,5,7,9-11,15-17H,4,6,8H2,1H3. The fraction of sp³-hybridized carbons (Fsp3) is 0.375. The molecule has 1 aromatic heterocycles. The van der Waals surface area contributed by atoms with Crippen LogP contribution in [0.3, 0.4) is 0 Å². The van der Waals surface area contributed by atoms with Crippen molar-refractivity contribution in [1.29, 1.82) is 0 Å². The number of rotatable bonds is 3. The molecule has 0 bridgehead atoms. The number of aromatic nitrogens is 2. The molecule has 1 aromatic carbocycles. The van der Waals surface area contributed by atoms with Crippen molar-refractivity contribution in [3.8, 4) is 0 Å². The number of nitrogens with one attached hydrogen (secondary N) is 1. The summed E-state index contributed by atoms with van der Waals surface area (Å²) in [6.45, 7) is 0. The molecule has 2 atom stereocenters. The van der Waals surface area contributed by atoms with E-state index in [-0.39, 0.29) is 0 Å². The van der Waals surface area contributed by atoms with Gasteiger partial charge in [0.1, 0.15) is 6.33 Å². The van der Waals surface area contributed by atoms with Crippen molar-refractivity contribution >= 4 is 0 Å². The smallest absolute Gasteiger partial charge is 0.115 e. The van der Waals surface area contributed by atoms with Crippen molar-refractivity contribution in [3.05, 3.63) is 59.7 Å². The zero-order chi connectivity index (χ0) is 13.1. The van der Waals surface area contributed by atoms with Gasteiger partial charge < -0.3 is 5.32 Å². The molecular weight excluding hydrogens is 234 g/mol. The topological polar surface area (TPSA) is 37.8 Å². The molecule has 3 heteroatoms. The molecular formula is C16H19N3. The predicted octanol–water partition coefficient (Wildman–Crippen LogP) is 2.86. The highest BCUT2D eigenvalue weighted by molar-refractivity contribution is 5.35. The van der Waals surface area contributed by atoms with Gasteiger partial charge in [0.25, 0.3) is 0 Å². The van der Waals surface area contributed by atoms with Crippen LogP contribution in [0.2, 0.25) is 0 Å². The lowest BCUT2D eigenvalue weighted by Gasteiger charge is -2.32. The quantitative estimate of drug-likeness (QED) is 0.914. The van der Waals surface area contributed by atoms with Crippen molar-refractivity contribution in [3.63, 3.8) is 0 Å². The van der Waals surface area contributed by atoms with E-state index in [1.165, 1.54) is 36.0 Å². The maximum atomic E-state index is 4.15. The molecule has 0 fully saturated rings. The van der Waals surface area contributed by atoms with Gasteiger partial charge >= 0.3 is 0 Å². The van der Waals surface area contributed by atoms with E-state index < -0.39 is 0 Å². The van der Waals surface area contributed by atoms with Crippen LogP contribution in [-0.4, -0.2) is 17.0 Å². The highest BCUT2D eigenvalue weighted by Gasteiger charge is 2.28. The van der Waals surface area contributed by atoms with Gasteiger partial charge in [-0.2, -0.15) is 0 Å². The van der Waals surface area contributed by atoms with Gasteiger partial charge in [-0.25, -0.2) is 9.97 Å². The van der Waals surface area contributed by atoms with Gasteiger partial charge in [-0.1, -0.05) is 24.3 Å². The average Bonchev–Trinajstić information content (AvgIpc) is 2.49. The lowest BCUT2D eigenvalue weighted by Crippen LogP contribution is -2.27. The van der Waals surface area contributed by atoms with E-state index in [1.807, 2.05) is 19.4 Å². The number of hydrogen-bond donors (Lipinski definition) is 1. The first kappa shape index (κ1) is 12.3. The third kappa shape index (κ3) is 2.38. The van der Waals surface area contributed by atoms with E-state index in [2.05, 4.69) is 39.6 Å². The van der Waals surface area contributed by atoms with Gasteiger partial charge in [-0.15, -0.1) is 0 Å². The number of fused-ring (bicyclic) bond motifs is 1. The Morgan fingerprint density at radius 1 is 1.21 bits per heavy atom. The zero-order valence-corrected chi connectivity index (χ0v) is 11.2. The molecule has 1 heterocycles. The summed E-state index contributed by atoms with van der Waals surface area (Å²) in [7, 11) is 2.02. The first-order chi connectivity index (χ1) is 9.40. The van der Waals surface area contributed by atoms with Gasteiger partial charge in [0, 0.05) is 29.9 Å². The molecule has 98 valence electrons. The highest BCUT2D eigenvalue weighted by Crippen LogP contribution is 2.39. The number of nitrogens with zero attached hydrogens (tertiary/aromatic N) is 2. The molecule has 1 aliphatic carbocycles. The summed E-state index contributed by atoms with van der Waals surface area (Å²) in [6, 6.07) is 9.11. The Morgan fingerprint density at radius 3 is 2.79 bits per heavy atom. The van der Waals surface area contributed by atoms with Crippen molar-refractivity contribution < 1.29 is 0 Å². The Labute approximate surface area is 114 Å². The number of benzene rings is 1. The fourth-order valence-corrected chi connectivity index (χ4v) is 3.21. The lowest BCUT2D eigenvalue weighted by molar-refractivity contribution is 0.423. The van der Waals surface area contributed by atoms with Crippen molar-refractivity contribution in [1.82, 2.24) is 15.3 Å². The maximum absolute atomic E-state index is 4.15. The minimum absolute atomic E-state index is 0.294. The Balaban J connectivity index is 1.97. The SMILES string of the molecule is CNC(c1cncnc1)C1CCCc2ccccc21. The minimum Gasteiger partial charge on any atom is -0.312 e. The molecule has 0 aliphatic heterocycles. The maximum Gasteiger partial charge on any atom is 0.115 e. The fourth-order valence-electron chi connectivity index (χ4n) is 3.21. The van der Waals surface area contributed by atoms with Crippen LogP contribution in [0.25, 0.3) is 0 Å². The molecule has 0 saturated carbocycles. The first-order valence-electron chi connectivity index (χ1n) is 6.90. The summed E-state index contributed by atoms with van der Waals surface area (Å²) in [4.78, 5) is 8.31. The average molecular weight is 253 g/mol. The monoisotopic (exact) mass is 253 g/mol. The summed E-state index contributed by atoms with van der Waals surface area (Å²) in [5, 5.41) is 3.45. The summed E-state index contributed by atoms with van der Waals surface area (Å²) >= 11 is 0. The van der Waals surface area contributed by atoms with Crippen LogP contribution >= 0.6 is 0 Å². The molecule has 3 nitrogen and oxygen atoms in total. The van der Waals surface area contributed by atoms with Gasteiger partial charge in [-0.05, 0) is 37.4 Å². The van der Waals surface area contributed by atoms with Crippen LogP contribution < -0.4 is 5.32 Å². The second kappa shape index (κ2) is 5.49. The summed E-state index contributed by atoms with van der Waals surface area (Å²) in [5.74, 6) is 0.515. The van der Waals surface area contributed by atoms with E-state index in [1.54, 1.807) is 6.33 Å². The van der Waals surface area contributed by atoms with Crippen LogP contribution in [0.4, 0.5) is 0 Å². The van der Waals surface area contributed by atoms with Crippen molar-refractivity contribution in [2.75, 3.05) is 7.05 Å². The second-order valence-corrected chi connectivity index (χ2v) is 5.14. The molecule has 1 aliphatic rings. The molecule has 3 rings (SSSR count). The minimum atomic E-state index is 0.294. The van der Waals surface area contributed by atoms with E-state index in [0.29, 0.717) is 12.0 Å². The third-order valence-electron chi connectivity index (χ3n) is 4.07. The van der Waals surface area contributed by atoms with E-state index >= 15 is 0 Å². The Kier molecular flexibility index (Phi) is 3.56. The summed E-state index contributed by atoms with van der Waals surface area (Å²) in [5.41, 5.74) is 4.15. The molecule has 0 spiro atoms. The van der Waals surface area contributed by atoms with E-state index in [4.69, 9.17) is 0 Å². The first-order valence-corrected chi connectivity index (χ1v) is 6.90. The van der Waals surface area contributed by atoms with Gasteiger partial charge in [0.15, 0.2) is 0 Å². The van der Waals surface area contributed by atoms with Crippen LogP contribution in [-0.2, 0) is 6.42 Å². The Bertz CT molecular complexity index is 539. The van der Waals surface area contributed by atoms with Crippen LogP contribution in [0.1, 0.15) is 41.5 Å². The van der Waals surface area contributed by atoms with E-state index in [9.17, 15) is 0 Å². The Morgan fingerprint density at radius 2 is 2.00 bits per heavy atom. The summed E-state index contributed by atoms with van der Waals surface area (Å²) < 4.78 is 0. The predicted molar refractivity (Wildman–Crippen MR) is 76.0 cm³/mol. The number of likely N-dealkylation sites (N-methyl/N-ethyl adjacent to an activating group) is 1. The molecule has 19 heavy (non-hydrogen) atoms. The van der Waals surface area contributed by atoms with Crippen LogP contribution in [0.15, 0.2) is 43.0 Å². The van der Waals surface area contributed by atoms with Crippen molar-refractivity contribution in [2.24, 2.45) is 0 Å². The molecule has 2 aromatic rings.